The highest BCUT2D eigenvalue weighted by atomic mass is 16.7. The number of aliphatic hydroxyl groups excluding tert-OH is 1. The molecule has 5 aliphatic carbocycles. The van der Waals surface area contributed by atoms with Crippen LogP contribution in [0.5, 0.6) is 0 Å². The Kier molecular flexibility index (Phi) is 7.62. The summed E-state index contributed by atoms with van der Waals surface area (Å²) in [6, 6.07) is 0. The first kappa shape index (κ1) is 30.7. The van der Waals surface area contributed by atoms with E-state index in [-0.39, 0.29) is 32.9 Å². The molecular weight excluding hydrogens is 496 g/mol. The molecule has 0 saturated heterocycles. The van der Waals surface area contributed by atoms with E-state index in [1.807, 2.05) is 13.8 Å². The third-order valence-corrected chi connectivity index (χ3v) is 14.3. The van der Waals surface area contributed by atoms with Crippen molar-refractivity contribution in [2.45, 2.75) is 127 Å². The molecule has 0 aliphatic heterocycles. The van der Waals surface area contributed by atoms with Crippen molar-refractivity contribution in [3.8, 4) is 0 Å². The number of ether oxygens (including phenoxy) is 2. The monoisotopic (exact) mass is 556 g/mol. The smallest absolute Gasteiger partial charge is 0.186 e. The van der Waals surface area contributed by atoms with Crippen LogP contribution in [0.1, 0.15) is 121 Å². The number of Topliss-reactive ketones (excluding diaryl/α,β-unsaturated/α-hetero) is 1. The lowest BCUT2D eigenvalue weighted by molar-refractivity contribution is -0.227. The summed E-state index contributed by atoms with van der Waals surface area (Å²) >= 11 is 0. The van der Waals surface area contributed by atoms with E-state index >= 15 is 0 Å². The average Bonchev–Trinajstić information content (AvgIpc) is 3.27. The zero-order chi connectivity index (χ0) is 29.5. The van der Waals surface area contributed by atoms with Gasteiger partial charge in [0.25, 0.3) is 0 Å². The van der Waals surface area contributed by atoms with Gasteiger partial charge in [-0.05, 0) is 122 Å². The van der Waals surface area contributed by atoms with Crippen molar-refractivity contribution < 1.29 is 19.4 Å². The van der Waals surface area contributed by atoms with Crippen molar-refractivity contribution in [2.75, 3.05) is 19.8 Å². The first-order chi connectivity index (χ1) is 18.6. The lowest BCUT2D eigenvalue weighted by atomic mass is 9.32. The third kappa shape index (κ3) is 4.04. The van der Waals surface area contributed by atoms with Gasteiger partial charge >= 0.3 is 0 Å². The van der Waals surface area contributed by atoms with E-state index in [1.54, 1.807) is 0 Å². The van der Waals surface area contributed by atoms with Crippen molar-refractivity contribution in [1.29, 1.82) is 0 Å². The van der Waals surface area contributed by atoms with E-state index in [2.05, 4.69) is 61.5 Å². The molecule has 4 saturated carbocycles. The molecule has 228 valence electrons. The molecular formula is C36H60O4. The number of allylic oxidation sites excluding steroid dienone is 1. The second-order valence-corrected chi connectivity index (χ2v) is 17.0. The summed E-state index contributed by atoms with van der Waals surface area (Å²) in [6.07, 6.45) is 11.4. The molecule has 0 amide bonds. The lowest BCUT2D eigenvalue weighted by Gasteiger charge is -2.72. The van der Waals surface area contributed by atoms with E-state index in [4.69, 9.17) is 9.47 Å². The van der Waals surface area contributed by atoms with Gasteiger partial charge in [0.2, 0.25) is 0 Å². The fourth-order valence-electron chi connectivity index (χ4n) is 12.2. The number of hydrogen-bond acceptors (Lipinski definition) is 4. The quantitative estimate of drug-likeness (QED) is 0.335. The zero-order valence-corrected chi connectivity index (χ0v) is 27.5. The standard InChI is InChI=1S/C36H60O4/c1-11-39-30(40-12-2)23-21-33(8)26(32(6,7)29(23)38)16-17-35(10)27(33)14-13-25-28-24(31(3,4)5)15-18-36(28,22-37)20-19-34(25,35)9/h21,24-28,30,37H,11-20,22H2,1-10H3/t24-,25-,26+,27-,28-,33+,34-,35-,36-/m1/s1. The topological polar surface area (TPSA) is 55.8 Å². The number of carbonyl (C=O) groups is 1. The molecule has 1 N–H and O–H groups in total. The van der Waals surface area contributed by atoms with Gasteiger partial charge in [-0.25, -0.2) is 0 Å². The Bertz CT molecular complexity index is 1020. The highest BCUT2D eigenvalue weighted by Gasteiger charge is 2.71. The minimum absolute atomic E-state index is 0.0786. The molecule has 0 heterocycles. The highest BCUT2D eigenvalue weighted by Crippen LogP contribution is 2.77. The molecule has 0 spiro atoms. The molecule has 9 atom stereocenters. The van der Waals surface area contributed by atoms with Gasteiger partial charge in [-0.3, -0.25) is 4.79 Å². The van der Waals surface area contributed by atoms with Gasteiger partial charge in [0, 0.05) is 30.8 Å². The predicted molar refractivity (Wildman–Crippen MR) is 162 cm³/mol. The molecule has 0 unspecified atom stereocenters. The van der Waals surface area contributed by atoms with Crippen molar-refractivity contribution in [1.82, 2.24) is 0 Å². The van der Waals surface area contributed by atoms with Gasteiger partial charge < -0.3 is 14.6 Å². The van der Waals surface area contributed by atoms with Crippen LogP contribution in [-0.2, 0) is 14.3 Å². The number of aliphatic hydroxyl groups is 1. The van der Waals surface area contributed by atoms with Crippen LogP contribution in [0.2, 0.25) is 0 Å². The molecule has 5 rings (SSSR count). The van der Waals surface area contributed by atoms with Crippen LogP contribution in [0.25, 0.3) is 0 Å². The normalized spacial score (nSPS) is 46.4. The summed E-state index contributed by atoms with van der Waals surface area (Å²) in [5.74, 6) is 3.00. The molecule has 0 bridgehead atoms. The highest BCUT2D eigenvalue weighted by molar-refractivity contribution is 6.01. The maximum Gasteiger partial charge on any atom is 0.186 e. The minimum atomic E-state index is -0.578. The van der Waals surface area contributed by atoms with Gasteiger partial charge in [-0.15, -0.1) is 0 Å². The fraction of sp³-hybridized carbons (Fsp3) is 0.917. The SMILES string of the molecule is CCOC(OCC)C1=C[C@]2(C)[C@H]3CC[C@@H]4[C@H]5[C@H](C(C)(C)C)CC[C@]5(CO)CC[C@@]4(C)[C@]3(C)CC[C@H]2C(C)(C)C1=O. The summed E-state index contributed by atoms with van der Waals surface area (Å²) in [5.41, 5.74) is 1.05. The number of ketones is 1. The molecule has 4 nitrogen and oxygen atoms in total. The number of rotatable bonds is 6. The Morgan fingerprint density at radius 3 is 2.10 bits per heavy atom. The molecule has 4 fully saturated rings. The molecule has 40 heavy (non-hydrogen) atoms. The fourth-order valence-corrected chi connectivity index (χ4v) is 12.2. The van der Waals surface area contributed by atoms with E-state index in [9.17, 15) is 9.90 Å². The van der Waals surface area contributed by atoms with Crippen LogP contribution in [0, 0.1) is 62.1 Å². The van der Waals surface area contributed by atoms with Crippen LogP contribution >= 0.6 is 0 Å². The molecule has 0 aromatic rings. The molecule has 5 aliphatic rings. The summed E-state index contributed by atoms with van der Waals surface area (Å²) in [7, 11) is 0. The molecule has 0 aromatic carbocycles. The summed E-state index contributed by atoms with van der Waals surface area (Å²) in [6.45, 7) is 24.9. The van der Waals surface area contributed by atoms with Crippen molar-refractivity contribution in [2.24, 2.45) is 62.1 Å². The largest absolute Gasteiger partial charge is 0.396 e. The van der Waals surface area contributed by atoms with Crippen molar-refractivity contribution in [3.63, 3.8) is 0 Å². The minimum Gasteiger partial charge on any atom is -0.396 e. The van der Waals surface area contributed by atoms with E-state index in [1.165, 1.54) is 38.5 Å². The molecule has 4 heteroatoms. The van der Waals surface area contributed by atoms with Gasteiger partial charge in [0.15, 0.2) is 12.1 Å². The maximum atomic E-state index is 14.0. The van der Waals surface area contributed by atoms with Crippen LogP contribution in [0.4, 0.5) is 0 Å². The summed E-state index contributed by atoms with van der Waals surface area (Å²) in [4.78, 5) is 14.0. The third-order valence-electron chi connectivity index (χ3n) is 14.3. The predicted octanol–water partition coefficient (Wildman–Crippen LogP) is 8.22. The van der Waals surface area contributed by atoms with Crippen molar-refractivity contribution in [3.05, 3.63) is 11.6 Å². The molecule has 0 aromatic heterocycles. The zero-order valence-electron chi connectivity index (χ0n) is 27.5. The van der Waals surface area contributed by atoms with Crippen LogP contribution in [0.3, 0.4) is 0 Å². The van der Waals surface area contributed by atoms with E-state index < -0.39 is 11.7 Å². The van der Waals surface area contributed by atoms with E-state index in [0.29, 0.717) is 49.4 Å². The second-order valence-electron chi connectivity index (χ2n) is 17.0. The molecule has 0 radical (unpaired) electrons. The first-order valence-electron chi connectivity index (χ1n) is 16.7. The Hall–Kier alpha value is -0.710. The van der Waals surface area contributed by atoms with Crippen LogP contribution < -0.4 is 0 Å². The van der Waals surface area contributed by atoms with Gasteiger partial charge in [-0.2, -0.15) is 0 Å². The lowest BCUT2D eigenvalue weighted by Crippen LogP contribution is -2.66. The number of hydrogen-bond donors (Lipinski definition) is 1. The van der Waals surface area contributed by atoms with Gasteiger partial charge in [-0.1, -0.05) is 61.5 Å². The average molecular weight is 557 g/mol. The Morgan fingerprint density at radius 2 is 1.52 bits per heavy atom. The number of fused-ring (bicyclic) bond motifs is 7. The Labute approximate surface area is 245 Å². The van der Waals surface area contributed by atoms with Crippen LogP contribution in [-0.4, -0.2) is 37.0 Å². The Morgan fingerprint density at radius 1 is 0.875 bits per heavy atom. The maximum absolute atomic E-state index is 14.0. The van der Waals surface area contributed by atoms with Crippen LogP contribution in [0.15, 0.2) is 11.6 Å². The first-order valence-corrected chi connectivity index (χ1v) is 16.7. The second kappa shape index (κ2) is 9.91. The van der Waals surface area contributed by atoms with E-state index in [0.717, 1.165) is 18.4 Å². The Balaban J connectivity index is 1.59. The van der Waals surface area contributed by atoms with Gasteiger partial charge in [0.1, 0.15) is 0 Å². The number of carbonyl (C=O) groups excluding carboxylic acids is 1. The summed E-state index contributed by atoms with van der Waals surface area (Å²) in [5, 5.41) is 10.9. The summed E-state index contributed by atoms with van der Waals surface area (Å²) < 4.78 is 12.1. The van der Waals surface area contributed by atoms with Gasteiger partial charge in [0.05, 0.1) is 0 Å². The van der Waals surface area contributed by atoms with Crippen molar-refractivity contribution >= 4 is 5.78 Å².